The third-order valence-electron chi connectivity index (χ3n) is 5.21. The molecular weight excluding hydrogens is 396 g/mol. The summed E-state index contributed by atoms with van der Waals surface area (Å²) < 4.78 is 10.7. The van der Waals surface area contributed by atoms with Gasteiger partial charge in [-0.25, -0.2) is 9.78 Å². The zero-order chi connectivity index (χ0) is 20.5. The molecule has 0 spiro atoms. The van der Waals surface area contributed by atoms with Gasteiger partial charge in [0.25, 0.3) is 0 Å². The maximum Gasteiger partial charge on any atom is 0.337 e. The highest BCUT2D eigenvalue weighted by Crippen LogP contribution is 2.38. The number of aliphatic hydroxyl groups excluding tert-OH is 1. The van der Waals surface area contributed by atoms with Crippen LogP contribution in [0.4, 0.5) is 11.8 Å². The zero-order valence-electron chi connectivity index (χ0n) is 15.8. The minimum atomic E-state index is -0.425. The Bertz CT molecular complexity index is 1070. The van der Waals surface area contributed by atoms with Crippen molar-refractivity contribution in [3.63, 3.8) is 0 Å². The number of esters is 1. The Labute approximate surface area is 172 Å². The van der Waals surface area contributed by atoms with E-state index in [1.807, 2.05) is 0 Å². The van der Waals surface area contributed by atoms with E-state index in [4.69, 9.17) is 26.5 Å². The Balaban J connectivity index is 1.73. The zero-order valence-corrected chi connectivity index (χ0v) is 16.6. The number of halogens is 1. The standard InChI is InChI=1S/C20H21ClN4O4/c1-28-19(27)11-3-5-14-12(7-11)8-15(29-14)16-17(21)24-20(22)25-18(16)23-13-4-2-10(6-13)9-26/h3,5,7-8,10,13,26H,2,4,6,9H2,1H3,(H3,22,23,24,25)/t10-,13+/m1/s1. The maximum absolute atomic E-state index is 11.8. The quantitative estimate of drug-likeness (QED) is 0.426. The summed E-state index contributed by atoms with van der Waals surface area (Å²) in [5.41, 5.74) is 7.33. The van der Waals surface area contributed by atoms with Crippen molar-refractivity contribution in [2.45, 2.75) is 25.3 Å². The maximum atomic E-state index is 11.8. The molecule has 4 N–H and O–H groups in total. The highest BCUT2D eigenvalue weighted by Gasteiger charge is 2.27. The van der Waals surface area contributed by atoms with Crippen LogP contribution in [0.3, 0.4) is 0 Å². The fourth-order valence-electron chi connectivity index (χ4n) is 3.75. The number of rotatable bonds is 5. The number of nitrogen functional groups attached to an aromatic ring is 1. The Hall–Kier alpha value is -2.84. The number of carbonyl (C=O) groups is 1. The van der Waals surface area contributed by atoms with E-state index >= 15 is 0 Å². The van der Waals surface area contributed by atoms with Gasteiger partial charge in [-0.15, -0.1) is 0 Å². The topological polar surface area (TPSA) is 124 Å². The number of fused-ring (bicyclic) bond motifs is 1. The van der Waals surface area contributed by atoms with E-state index in [0.717, 1.165) is 24.6 Å². The minimum Gasteiger partial charge on any atom is -0.465 e. The van der Waals surface area contributed by atoms with E-state index in [0.29, 0.717) is 28.3 Å². The van der Waals surface area contributed by atoms with Crippen molar-refractivity contribution in [3.05, 3.63) is 35.0 Å². The minimum absolute atomic E-state index is 0.0574. The van der Waals surface area contributed by atoms with Gasteiger partial charge < -0.3 is 25.3 Å². The number of methoxy groups -OCH3 is 1. The van der Waals surface area contributed by atoms with Crippen LogP contribution in [0.5, 0.6) is 0 Å². The van der Waals surface area contributed by atoms with Gasteiger partial charge in [-0.2, -0.15) is 4.98 Å². The summed E-state index contributed by atoms with van der Waals surface area (Å²) in [6, 6.07) is 6.95. The molecule has 1 aliphatic rings. The number of nitrogens with two attached hydrogens (primary N) is 1. The van der Waals surface area contributed by atoms with Crippen LogP contribution in [0.15, 0.2) is 28.7 Å². The lowest BCUT2D eigenvalue weighted by Gasteiger charge is -2.16. The summed E-state index contributed by atoms with van der Waals surface area (Å²) in [6.07, 6.45) is 2.69. The molecule has 2 heterocycles. The fraction of sp³-hybridized carbons (Fsp3) is 0.350. The van der Waals surface area contributed by atoms with Gasteiger partial charge in [-0.1, -0.05) is 11.6 Å². The molecule has 1 aromatic carbocycles. The summed E-state index contributed by atoms with van der Waals surface area (Å²) in [5, 5.41) is 13.7. The predicted molar refractivity (Wildman–Crippen MR) is 110 cm³/mol. The van der Waals surface area contributed by atoms with Gasteiger partial charge in [0.1, 0.15) is 22.3 Å². The molecule has 0 saturated heterocycles. The third kappa shape index (κ3) is 3.86. The van der Waals surface area contributed by atoms with Crippen molar-refractivity contribution in [1.82, 2.24) is 9.97 Å². The molecule has 3 aromatic rings. The first-order valence-electron chi connectivity index (χ1n) is 9.31. The van der Waals surface area contributed by atoms with Crippen LogP contribution in [-0.2, 0) is 4.74 Å². The Morgan fingerprint density at radius 1 is 1.38 bits per heavy atom. The van der Waals surface area contributed by atoms with Crippen molar-refractivity contribution in [2.24, 2.45) is 5.92 Å². The summed E-state index contributed by atoms with van der Waals surface area (Å²) in [6.45, 7) is 0.170. The van der Waals surface area contributed by atoms with E-state index in [9.17, 15) is 9.90 Å². The lowest BCUT2D eigenvalue weighted by molar-refractivity contribution is 0.0601. The number of aliphatic hydroxyl groups is 1. The van der Waals surface area contributed by atoms with Gasteiger partial charge in [-0.3, -0.25) is 0 Å². The van der Waals surface area contributed by atoms with Gasteiger partial charge in [0.2, 0.25) is 5.95 Å². The molecule has 1 saturated carbocycles. The number of carbonyl (C=O) groups excluding carboxylic acids is 1. The van der Waals surface area contributed by atoms with Crippen molar-refractivity contribution < 1.29 is 19.1 Å². The average Bonchev–Trinajstić information content (AvgIpc) is 3.32. The molecule has 9 heteroatoms. The highest BCUT2D eigenvalue weighted by molar-refractivity contribution is 6.32. The van der Waals surface area contributed by atoms with Gasteiger partial charge in [-0.05, 0) is 49.4 Å². The number of benzene rings is 1. The van der Waals surface area contributed by atoms with Crippen LogP contribution in [0, 0.1) is 5.92 Å². The first-order chi connectivity index (χ1) is 14.0. The average molecular weight is 417 g/mol. The monoisotopic (exact) mass is 416 g/mol. The highest BCUT2D eigenvalue weighted by atomic mass is 35.5. The molecule has 4 rings (SSSR count). The molecule has 0 amide bonds. The van der Waals surface area contributed by atoms with E-state index in [1.54, 1.807) is 24.3 Å². The van der Waals surface area contributed by atoms with Crippen molar-refractivity contribution >= 4 is 40.3 Å². The first-order valence-corrected chi connectivity index (χ1v) is 9.69. The molecule has 0 radical (unpaired) electrons. The molecule has 8 nitrogen and oxygen atoms in total. The van der Waals surface area contributed by atoms with Crippen LogP contribution >= 0.6 is 11.6 Å². The number of hydrogen-bond donors (Lipinski definition) is 3. The largest absolute Gasteiger partial charge is 0.465 e. The van der Waals surface area contributed by atoms with E-state index < -0.39 is 5.97 Å². The van der Waals surface area contributed by atoms with Crippen LogP contribution < -0.4 is 11.1 Å². The van der Waals surface area contributed by atoms with Crippen LogP contribution in [-0.4, -0.2) is 40.8 Å². The Kier molecular flexibility index (Phi) is 5.29. The molecule has 2 aromatic heterocycles. The Morgan fingerprint density at radius 2 is 2.21 bits per heavy atom. The summed E-state index contributed by atoms with van der Waals surface area (Å²) >= 11 is 6.40. The number of ether oxygens (including phenoxy) is 1. The fourth-order valence-corrected chi connectivity index (χ4v) is 4.02. The summed E-state index contributed by atoms with van der Waals surface area (Å²) in [5.74, 6) is 0.852. The normalized spacial score (nSPS) is 18.9. The van der Waals surface area contributed by atoms with Gasteiger partial charge in [0, 0.05) is 18.0 Å². The predicted octanol–water partition coefficient (Wildman–Crippen LogP) is 3.48. The second kappa shape index (κ2) is 7.88. The molecule has 1 aliphatic carbocycles. The van der Waals surface area contributed by atoms with Crippen molar-refractivity contribution in [3.8, 4) is 11.3 Å². The molecule has 0 unspecified atom stereocenters. The molecule has 0 aliphatic heterocycles. The number of furan rings is 1. The van der Waals surface area contributed by atoms with E-state index in [1.165, 1.54) is 7.11 Å². The third-order valence-corrected chi connectivity index (χ3v) is 5.48. The van der Waals surface area contributed by atoms with E-state index in [2.05, 4.69) is 15.3 Å². The van der Waals surface area contributed by atoms with Crippen LogP contribution in [0.1, 0.15) is 29.6 Å². The molecule has 0 bridgehead atoms. The molecular formula is C20H21ClN4O4. The summed E-state index contributed by atoms with van der Waals surface area (Å²) in [4.78, 5) is 20.2. The number of nitrogens with one attached hydrogen (secondary N) is 1. The second-order valence-electron chi connectivity index (χ2n) is 7.15. The van der Waals surface area contributed by atoms with Gasteiger partial charge in [0.15, 0.2) is 0 Å². The van der Waals surface area contributed by atoms with Crippen molar-refractivity contribution in [2.75, 3.05) is 24.8 Å². The SMILES string of the molecule is COC(=O)c1ccc2oc(-c3c(Cl)nc(N)nc3N[C@H]3CC[C@@H](CO)C3)cc2c1. The van der Waals surface area contributed by atoms with Crippen LogP contribution in [0.2, 0.25) is 5.15 Å². The lowest BCUT2D eigenvalue weighted by atomic mass is 10.1. The Morgan fingerprint density at radius 3 is 2.93 bits per heavy atom. The number of nitrogens with zero attached hydrogens (tertiary/aromatic N) is 2. The van der Waals surface area contributed by atoms with Crippen LogP contribution in [0.25, 0.3) is 22.3 Å². The number of anilines is 2. The smallest absolute Gasteiger partial charge is 0.337 e. The number of hydrogen-bond acceptors (Lipinski definition) is 8. The summed E-state index contributed by atoms with van der Waals surface area (Å²) in [7, 11) is 1.33. The molecule has 152 valence electrons. The van der Waals surface area contributed by atoms with Crippen molar-refractivity contribution in [1.29, 1.82) is 0 Å². The number of aromatic nitrogens is 2. The lowest BCUT2D eigenvalue weighted by Crippen LogP contribution is -2.18. The second-order valence-corrected chi connectivity index (χ2v) is 7.51. The van der Waals surface area contributed by atoms with Gasteiger partial charge >= 0.3 is 5.97 Å². The van der Waals surface area contributed by atoms with E-state index in [-0.39, 0.29) is 29.7 Å². The first kappa shape index (κ1) is 19.5. The van der Waals surface area contributed by atoms with Gasteiger partial charge in [0.05, 0.1) is 18.2 Å². The molecule has 1 fully saturated rings. The molecule has 2 atom stereocenters. The molecule has 29 heavy (non-hydrogen) atoms.